The van der Waals surface area contributed by atoms with Crippen LogP contribution >= 0.6 is 27.7 Å². The summed E-state index contributed by atoms with van der Waals surface area (Å²) in [6, 6.07) is 21.0. The number of fused-ring (bicyclic) bond motifs is 1. The Morgan fingerprint density at radius 1 is 1.08 bits per heavy atom. The van der Waals surface area contributed by atoms with E-state index in [1.807, 2.05) is 12.1 Å². The smallest absolute Gasteiger partial charge is 0.341 e. The van der Waals surface area contributed by atoms with Gasteiger partial charge in [0.15, 0.2) is 11.8 Å². The molecule has 4 aromatic rings. The van der Waals surface area contributed by atoms with Gasteiger partial charge in [-0.25, -0.2) is 15.2 Å². The van der Waals surface area contributed by atoms with E-state index in [0.717, 1.165) is 16.2 Å². The number of carboxylic acid groups (broad SMARTS) is 1. The van der Waals surface area contributed by atoms with Crippen LogP contribution in [-0.4, -0.2) is 45.1 Å². The highest BCUT2D eigenvalue weighted by atomic mass is 79.9. The molecule has 9 nitrogen and oxygen atoms in total. The molecule has 0 atom stereocenters. The fourth-order valence-corrected chi connectivity index (χ4v) is 4.29. The molecule has 1 aromatic heterocycles. The summed E-state index contributed by atoms with van der Waals surface area (Å²) in [6.45, 7) is -0.493. The van der Waals surface area contributed by atoms with E-state index >= 15 is 0 Å². The van der Waals surface area contributed by atoms with Crippen molar-refractivity contribution in [2.75, 3.05) is 12.4 Å². The van der Waals surface area contributed by atoms with Gasteiger partial charge in [-0.05, 0) is 48.5 Å². The van der Waals surface area contributed by atoms with Gasteiger partial charge in [0.1, 0.15) is 5.75 Å². The highest BCUT2D eigenvalue weighted by Gasteiger charge is 2.15. The Hall–Kier alpha value is -3.96. The summed E-state index contributed by atoms with van der Waals surface area (Å²) < 4.78 is 7.57. The molecule has 2 N–H and O–H groups in total. The Bertz CT molecular complexity index is 1500. The first-order chi connectivity index (χ1) is 17.4. The zero-order valence-electron chi connectivity index (χ0n) is 18.6. The number of aliphatic carboxylic acids is 1. The number of nitrogens with zero attached hydrogens (tertiary/aromatic N) is 3. The topological polar surface area (TPSA) is 123 Å². The second-order valence-electron chi connectivity index (χ2n) is 7.33. The lowest BCUT2D eigenvalue weighted by atomic mass is 10.2. The number of thioether (sulfide) groups is 1. The molecule has 0 saturated heterocycles. The molecule has 1 heterocycles. The molecule has 36 heavy (non-hydrogen) atoms. The van der Waals surface area contributed by atoms with Gasteiger partial charge >= 0.3 is 5.97 Å². The number of hydrogen-bond donors (Lipinski definition) is 2. The van der Waals surface area contributed by atoms with Crippen LogP contribution in [0.15, 0.2) is 92.3 Å². The van der Waals surface area contributed by atoms with Gasteiger partial charge in [-0.2, -0.15) is 5.10 Å². The van der Waals surface area contributed by atoms with Crippen molar-refractivity contribution in [1.82, 2.24) is 15.0 Å². The number of halogens is 1. The van der Waals surface area contributed by atoms with Crippen molar-refractivity contribution in [3.63, 3.8) is 0 Å². The molecule has 0 unspecified atom stereocenters. The van der Waals surface area contributed by atoms with Crippen LogP contribution in [0.1, 0.15) is 5.56 Å². The quantitative estimate of drug-likeness (QED) is 0.136. The summed E-state index contributed by atoms with van der Waals surface area (Å²) in [7, 11) is 0. The van der Waals surface area contributed by atoms with Gasteiger partial charge in [0.25, 0.3) is 11.5 Å². The summed E-state index contributed by atoms with van der Waals surface area (Å²) in [5.41, 5.74) is 3.86. The second-order valence-corrected chi connectivity index (χ2v) is 9.19. The minimum atomic E-state index is -1.10. The summed E-state index contributed by atoms with van der Waals surface area (Å²) in [6.07, 6.45) is 1.37. The molecule has 11 heteroatoms. The number of benzene rings is 3. The molecule has 0 fully saturated rings. The number of amides is 1. The van der Waals surface area contributed by atoms with Crippen LogP contribution in [0.25, 0.3) is 16.6 Å². The number of carboxylic acids is 1. The monoisotopic (exact) mass is 566 g/mol. The molecule has 0 bridgehead atoms. The van der Waals surface area contributed by atoms with E-state index < -0.39 is 18.5 Å². The van der Waals surface area contributed by atoms with Crippen molar-refractivity contribution in [2.45, 2.75) is 5.16 Å². The van der Waals surface area contributed by atoms with E-state index in [1.165, 1.54) is 10.8 Å². The van der Waals surface area contributed by atoms with Crippen molar-refractivity contribution in [1.29, 1.82) is 0 Å². The first-order valence-electron chi connectivity index (χ1n) is 10.6. The Labute approximate surface area is 217 Å². The molecule has 0 saturated carbocycles. The van der Waals surface area contributed by atoms with Crippen LogP contribution in [0.5, 0.6) is 5.75 Å². The summed E-state index contributed by atoms with van der Waals surface area (Å²) in [4.78, 5) is 41.1. The standard InChI is InChI=1S/C25H19BrN4O5S/c26-17-9-11-18(12-10-17)30-24(34)19-6-2-3-7-20(19)28-25(30)36-15-22(31)29-27-13-16-5-1-4-8-21(16)35-14-23(32)33/h1-13H,14-15H2,(H,29,31)(H,32,33). The van der Waals surface area contributed by atoms with Crippen LogP contribution in [0.2, 0.25) is 0 Å². The Balaban J connectivity index is 1.50. The predicted molar refractivity (Wildman–Crippen MR) is 141 cm³/mol. The number of ether oxygens (including phenoxy) is 1. The molecule has 0 aliphatic carbocycles. The maximum absolute atomic E-state index is 13.3. The second kappa shape index (κ2) is 11.6. The van der Waals surface area contributed by atoms with Gasteiger partial charge in [-0.1, -0.05) is 52.0 Å². The number of nitrogens with one attached hydrogen (secondary N) is 1. The zero-order chi connectivity index (χ0) is 25.5. The average Bonchev–Trinajstić information content (AvgIpc) is 2.88. The molecular formula is C25H19BrN4O5S. The molecule has 4 rings (SSSR count). The largest absolute Gasteiger partial charge is 0.481 e. The average molecular weight is 567 g/mol. The Kier molecular flexibility index (Phi) is 8.13. The summed E-state index contributed by atoms with van der Waals surface area (Å²) >= 11 is 4.50. The lowest BCUT2D eigenvalue weighted by molar-refractivity contribution is -0.139. The fourth-order valence-electron chi connectivity index (χ4n) is 3.22. The molecule has 0 aliphatic heterocycles. The van der Waals surface area contributed by atoms with Crippen molar-refractivity contribution < 1.29 is 19.4 Å². The van der Waals surface area contributed by atoms with E-state index in [4.69, 9.17) is 9.84 Å². The number of aromatic nitrogens is 2. The van der Waals surface area contributed by atoms with E-state index in [-0.39, 0.29) is 11.3 Å². The number of carbonyl (C=O) groups is 2. The molecule has 182 valence electrons. The maximum Gasteiger partial charge on any atom is 0.341 e. The Morgan fingerprint density at radius 3 is 2.58 bits per heavy atom. The minimum absolute atomic E-state index is 0.0458. The third-order valence-electron chi connectivity index (χ3n) is 4.83. The van der Waals surface area contributed by atoms with E-state index in [2.05, 4.69) is 31.4 Å². The van der Waals surface area contributed by atoms with Crippen LogP contribution < -0.4 is 15.7 Å². The van der Waals surface area contributed by atoms with Crippen LogP contribution in [0, 0.1) is 0 Å². The predicted octanol–water partition coefficient (Wildman–Crippen LogP) is 3.85. The Morgan fingerprint density at radius 2 is 1.81 bits per heavy atom. The minimum Gasteiger partial charge on any atom is -0.481 e. The maximum atomic E-state index is 13.3. The molecule has 1 amide bonds. The van der Waals surface area contributed by atoms with Gasteiger partial charge < -0.3 is 9.84 Å². The van der Waals surface area contributed by atoms with Crippen LogP contribution in [0.4, 0.5) is 0 Å². The molecular weight excluding hydrogens is 548 g/mol. The van der Waals surface area contributed by atoms with Crippen molar-refractivity contribution in [3.05, 3.63) is 93.2 Å². The van der Waals surface area contributed by atoms with E-state index in [0.29, 0.717) is 33.1 Å². The highest BCUT2D eigenvalue weighted by molar-refractivity contribution is 9.10. The lowest BCUT2D eigenvalue weighted by Crippen LogP contribution is -2.24. The number of hydrogen-bond acceptors (Lipinski definition) is 7. The third kappa shape index (κ3) is 6.18. The van der Waals surface area contributed by atoms with Crippen molar-refractivity contribution in [2.24, 2.45) is 5.10 Å². The van der Waals surface area contributed by atoms with Crippen LogP contribution in [0.3, 0.4) is 0 Å². The van der Waals surface area contributed by atoms with Crippen molar-refractivity contribution >= 4 is 56.7 Å². The number of carbonyl (C=O) groups excluding carboxylic acids is 1. The van der Waals surface area contributed by atoms with Gasteiger partial charge in [-0.15, -0.1) is 0 Å². The summed E-state index contributed by atoms with van der Waals surface area (Å²) in [5.74, 6) is -1.23. The van der Waals surface area contributed by atoms with E-state index in [1.54, 1.807) is 60.7 Å². The molecule has 0 radical (unpaired) electrons. The number of rotatable bonds is 9. The normalized spacial score (nSPS) is 11.0. The van der Waals surface area contributed by atoms with Gasteiger partial charge in [0.2, 0.25) is 0 Å². The highest BCUT2D eigenvalue weighted by Crippen LogP contribution is 2.22. The molecule has 0 spiro atoms. The zero-order valence-corrected chi connectivity index (χ0v) is 21.0. The third-order valence-corrected chi connectivity index (χ3v) is 6.29. The number of para-hydroxylation sites is 2. The molecule has 0 aliphatic rings. The van der Waals surface area contributed by atoms with E-state index in [9.17, 15) is 14.4 Å². The SMILES string of the molecule is O=C(O)COc1ccccc1C=NNC(=O)CSc1nc2ccccc2c(=O)n1-c1ccc(Br)cc1. The molecule has 3 aromatic carbocycles. The first kappa shape index (κ1) is 25.1. The summed E-state index contributed by atoms with van der Waals surface area (Å²) in [5, 5.41) is 13.6. The lowest BCUT2D eigenvalue weighted by Gasteiger charge is -2.13. The van der Waals surface area contributed by atoms with Gasteiger partial charge in [0.05, 0.1) is 28.6 Å². The van der Waals surface area contributed by atoms with Crippen LogP contribution in [-0.2, 0) is 9.59 Å². The van der Waals surface area contributed by atoms with Crippen molar-refractivity contribution in [3.8, 4) is 11.4 Å². The first-order valence-corrected chi connectivity index (χ1v) is 12.4. The fraction of sp³-hybridized carbons (Fsp3) is 0.0800. The van der Waals surface area contributed by atoms with Gasteiger partial charge in [0, 0.05) is 10.0 Å². The van der Waals surface area contributed by atoms with Gasteiger partial charge in [-0.3, -0.25) is 14.2 Å². The number of hydrazone groups is 1.